The summed E-state index contributed by atoms with van der Waals surface area (Å²) in [5.41, 5.74) is 0.865. The Kier molecular flexibility index (Phi) is 5.60. The summed E-state index contributed by atoms with van der Waals surface area (Å²) in [5.74, 6) is -0.145. The van der Waals surface area contributed by atoms with Crippen LogP contribution in [0.15, 0.2) is 60.1 Å². The number of pyridine rings is 1. The Bertz CT molecular complexity index is 892. The van der Waals surface area contributed by atoms with Gasteiger partial charge in [0.1, 0.15) is 11.3 Å². The van der Waals surface area contributed by atoms with Gasteiger partial charge in [0.25, 0.3) is 5.91 Å². The van der Waals surface area contributed by atoms with Crippen LogP contribution in [0.25, 0.3) is 0 Å². The Morgan fingerprint density at radius 1 is 1.12 bits per heavy atom. The number of esters is 1. The zero-order valence-corrected chi connectivity index (χ0v) is 14.8. The number of aromatic nitrogens is 1. The topological polar surface area (TPSA) is 77.5 Å². The van der Waals surface area contributed by atoms with E-state index in [0.29, 0.717) is 22.9 Å². The summed E-state index contributed by atoms with van der Waals surface area (Å²) in [6.45, 7) is 2.21. The van der Waals surface area contributed by atoms with Gasteiger partial charge in [-0.1, -0.05) is 6.07 Å². The van der Waals surface area contributed by atoms with Gasteiger partial charge >= 0.3 is 5.97 Å². The largest absolute Gasteiger partial charge is 0.477 e. The van der Waals surface area contributed by atoms with Crippen LogP contribution < -0.4 is 14.8 Å². The molecule has 0 aliphatic carbocycles. The van der Waals surface area contributed by atoms with Crippen molar-refractivity contribution in [3.05, 3.63) is 70.5 Å². The first-order chi connectivity index (χ1) is 12.7. The highest BCUT2D eigenvalue weighted by Gasteiger charge is 2.16. The fraction of sp³-hybridized carbons (Fsp3) is 0.105. The summed E-state index contributed by atoms with van der Waals surface area (Å²) in [6, 6.07) is 13.4. The Morgan fingerprint density at radius 3 is 2.62 bits per heavy atom. The highest BCUT2D eigenvalue weighted by molar-refractivity contribution is 7.12. The third-order valence-corrected chi connectivity index (χ3v) is 4.21. The van der Waals surface area contributed by atoms with Crippen molar-refractivity contribution >= 4 is 28.9 Å². The number of ether oxygens (including phenoxy) is 2. The van der Waals surface area contributed by atoms with Gasteiger partial charge in [0.05, 0.1) is 11.5 Å². The van der Waals surface area contributed by atoms with Crippen LogP contribution in [0.1, 0.15) is 27.0 Å². The molecule has 0 fully saturated rings. The van der Waals surface area contributed by atoms with Crippen LogP contribution in [0.2, 0.25) is 0 Å². The third-order valence-electron chi connectivity index (χ3n) is 3.34. The molecular formula is C19H16N2O4S. The van der Waals surface area contributed by atoms with Gasteiger partial charge in [0, 0.05) is 11.9 Å². The number of nitrogens with one attached hydrogen (secondary N) is 1. The van der Waals surface area contributed by atoms with Gasteiger partial charge in [0.15, 0.2) is 0 Å². The number of carbonyl (C=O) groups is 2. The number of benzene rings is 1. The molecule has 0 aliphatic rings. The molecule has 0 unspecified atom stereocenters. The number of rotatable bonds is 6. The molecule has 0 atom stereocenters. The zero-order chi connectivity index (χ0) is 18.4. The molecule has 6 nitrogen and oxygen atoms in total. The molecule has 132 valence electrons. The van der Waals surface area contributed by atoms with Crippen molar-refractivity contribution in [3.63, 3.8) is 0 Å². The van der Waals surface area contributed by atoms with Crippen molar-refractivity contribution in [1.29, 1.82) is 0 Å². The first kappa shape index (κ1) is 17.6. The maximum absolute atomic E-state index is 12.3. The second-order valence-corrected chi connectivity index (χ2v) is 6.08. The average molecular weight is 368 g/mol. The van der Waals surface area contributed by atoms with Crippen LogP contribution in [0, 0.1) is 0 Å². The molecule has 0 saturated heterocycles. The molecular weight excluding hydrogens is 352 g/mol. The van der Waals surface area contributed by atoms with Crippen LogP contribution >= 0.6 is 11.3 Å². The second kappa shape index (κ2) is 8.26. The van der Waals surface area contributed by atoms with Crippen LogP contribution in [0.5, 0.6) is 11.6 Å². The number of anilines is 1. The van der Waals surface area contributed by atoms with E-state index in [1.807, 2.05) is 18.4 Å². The van der Waals surface area contributed by atoms with E-state index in [4.69, 9.17) is 9.47 Å². The van der Waals surface area contributed by atoms with Crippen LogP contribution in [0.4, 0.5) is 5.69 Å². The molecule has 1 amide bonds. The molecule has 3 rings (SSSR count). The van der Waals surface area contributed by atoms with Gasteiger partial charge in [-0.3, -0.25) is 4.79 Å². The third kappa shape index (κ3) is 4.25. The Labute approximate surface area is 154 Å². The van der Waals surface area contributed by atoms with Crippen molar-refractivity contribution in [3.8, 4) is 11.6 Å². The van der Waals surface area contributed by atoms with E-state index in [9.17, 15) is 9.59 Å². The average Bonchev–Trinajstić information content (AvgIpc) is 3.19. The number of amides is 1. The van der Waals surface area contributed by atoms with Gasteiger partial charge < -0.3 is 14.8 Å². The number of hydrogen-bond acceptors (Lipinski definition) is 6. The summed E-state index contributed by atoms with van der Waals surface area (Å²) < 4.78 is 10.7. The molecule has 0 radical (unpaired) electrons. The van der Waals surface area contributed by atoms with Crippen molar-refractivity contribution < 1.29 is 19.1 Å². The molecule has 7 heteroatoms. The van der Waals surface area contributed by atoms with Crippen molar-refractivity contribution in [1.82, 2.24) is 4.98 Å². The predicted octanol–water partition coefficient (Wildman–Crippen LogP) is 4.01. The number of nitrogens with zero attached hydrogens (tertiary/aromatic N) is 1. The molecule has 3 aromatic rings. The minimum Gasteiger partial charge on any atom is -0.477 e. The lowest BCUT2D eigenvalue weighted by molar-refractivity contribution is 0.0729. The predicted molar refractivity (Wildman–Crippen MR) is 99.1 cm³/mol. The van der Waals surface area contributed by atoms with Gasteiger partial charge in [-0.05, 0) is 54.8 Å². The standard InChI is InChI=1S/C19H16N2O4S/c1-2-24-18-15(5-3-11-20-18)19(23)25-14-9-7-13(8-10-14)21-17(22)16-6-4-12-26-16/h3-12H,2H2,1H3,(H,21,22). The fourth-order valence-corrected chi connectivity index (χ4v) is 2.79. The van der Waals surface area contributed by atoms with E-state index < -0.39 is 5.97 Å². The lowest BCUT2D eigenvalue weighted by Crippen LogP contribution is -2.12. The van der Waals surface area contributed by atoms with E-state index >= 15 is 0 Å². The first-order valence-electron chi connectivity index (χ1n) is 7.92. The number of thiophene rings is 1. The van der Waals surface area contributed by atoms with Crippen molar-refractivity contribution in [2.24, 2.45) is 0 Å². The second-order valence-electron chi connectivity index (χ2n) is 5.13. The van der Waals surface area contributed by atoms with Gasteiger partial charge in [-0.15, -0.1) is 11.3 Å². The first-order valence-corrected chi connectivity index (χ1v) is 8.80. The fourth-order valence-electron chi connectivity index (χ4n) is 2.17. The molecule has 1 aromatic carbocycles. The van der Waals surface area contributed by atoms with Crippen LogP contribution in [-0.2, 0) is 0 Å². The summed E-state index contributed by atoms with van der Waals surface area (Å²) >= 11 is 1.37. The monoisotopic (exact) mass is 368 g/mol. The zero-order valence-electron chi connectivity index (χ0n) is 14.0. The molecule has 0 spiro atoms. The smallest absolute Gasteiger partial charge is 0.349 e. The molecule has 0 aliphatic heterocycles. The molecule has 2 aromatic heterocycles. The lowest BCUT2D eigenvalue weighted by Gasteiger charge is -2.09. The maximum Gasteiger partial charge on any atom is 0.349 e. The summed E-state index contributed by atoms with van der Waals surface area (Å²) in [5, 5.41) is 4.62. The summed E-state index contributed by atoms with van der Waals surface area (Å²) in [7, 11) is 0. The van der Waals surface area contributed by atoms with Crippen LogP contribution in [-0.4, -0.2) is 23.5 Å². The minimum atomic E-state index is -0.558. The Balaban J connectivity index is 1.66. The molecule has 1 N–H and O–H groups in total. The molecule has 26 heavy (non-hydrogen) atoms. The normalized spacial score (nSPS) is 10.2. The van der Waals surface area contributed by atoms with Gasteiger partial charge in [-0.2, -0.15) is 0 Å². The van der Waals surface area contributed by atoms with E-state index in [1.54, 1.807) is 48.7 Å². The quantitative estimate of drug-likeness (QED) is 0.525. The minimum absolute atomic E-state index is 0.179. The van der Waals surface area contributed by atoms with E-state index in [2.05, 4.69) is 10.3 Å². The summed E-state index contributed by atoms with van der Waals surface area (Å²) in [4.78, 5) is 29.0. The molecule has 0 saturated carbocycles. The van der Waals surface area contributed by atoms with Crippen molar-refractivity contribution in [2.45, 2.75) is 6.92 Å². The van der Waals surface area contributed by atoms with E-state index in [0.717, 1.165) is 0 Å². The molecule has 0 bridgehead atoms. The Morgan fingerprint density at radius 2 is 1.92 bits per heavy atom. The molecule has 2 heterocycles. The van der Waals surface area contributed by atoms with Gasteiger partial charge in [0.2, 0.25) is 5.88 Å². The maximum atomic E-state index is 12.3. The van der Waals surface area contributed by atoms with E-state index in [1.165, 1.54) is 11.3 Å². The number of hydrogen-bond donors (Lipinski definition) is 1. The highest BCUT2D eigenvalue weighted by Crippen LogP contribution is 2.21. The number of carbonyl (C=O) groups excluding carboxylic acids is 2. The highest BCUT2D eigenvalue weighted by atomic mass is 32.1. The van der Waals surface area contributed by atoms with Crippen molar-refractivity contribution in [2.75, 3.05) is 11.9 Å². The SMILES string of the molecule is CCOc1ncccc1C(=O)Oc1ccc(NC(=O)c2cccs2)cc1. The lowest BCUT2D eigenvalue weighted by atomic mass is 10.2. The van der Waals surface area contributed by atoms with Crippen LogP contribution in [0.3, 0.4) is 0 Å². The van der Waals surface area contributed by atoms with Gasteiger partial charge in [-0.25, -0.2) is 9.78 Å². The van der Waals surface area contributed by atoms with E-state index in [-0.39, 0.29) is 17.4 Å². The Hall–Kier alpha value is -3.19. The summed E-state index contributed by atoms with van der Waals surface area (Å²) in [6.07, 6.45) is 1.55.